The van der Waals surface area contributed by atoms with E-state index in [-0.39, 0.29) is 0 Å². The van der Waals surface area contributed by atoms with Gasteiger partial charge in [0, 0.05) is 6.04 Å². The van der Waals surface area contributed by atoms with Crippen molar-refractivity contribution in [2.24, 2.45) is 0 Å². The number of hydrogen-bond donors (Lipinski definition) is 0. The molecule has 1 saturated heterocycles. The molecule has 0 aromatic carbocycles. The Morgan fingerprint density at radius 3 is 2.33 bits per heavy atom. The number of nitrogens with zero attached hydrogens (tertiary/aromatic N) is 2. The maximum Gasteiger partial charge on any atom is 0.00730 e. The fourth-order valence-corrected chi connectivity index (χ4v) is 1.63. The molecule has 1 rings (SSSR count). The van der Waals surface area contributed by atoms with Crippen LogP contribution in [0.3, 0.4) is 0 Å². The molecular formula is C10H22N2. The van der Waals surface area contributed by atoms with E-state index in [2.05, 4.69) is 30.8 Å². The second kappa shape index (κ2) is 4.83. The van der Waals surface area contributed by atoms with Crippen LogP contribution in [-0.2, 0) is 0 Å². The monoisotopic (exact) mass is 170 g/mol. The molecule has 0 amide bonds. The third kappa shape index (κ3) is 3.11. The maximum atomic E-state index is 2.58. The van der Waals surface area contributed by atoms with Gasteiger partial charge < -0.3 is 9.80 Å². The molecule has 1 fully saturated rings. The quantitative estimate of drug-likeness (QED) is 0.629. The van der Waals surface area contributed by atoms with E-state index in [1.54, 1.807) is 0 Å². The summed E-state index contributed by atoms with van der Waals surface area (Å²) in [5.41, 5.74) is 0. The van der Waals surface area contributed by atoms with Crippen molar-refractivity contribution in [2.45, 2.75) is 32.2 Å². The van der Waals surface area contributed by atoms with E-state index in [4.69, 9.17) is 0 Å². The Hall–Kier alpha value is -0.0800. The Morgan fingerprint density at radius 1 is 1.25 bits per heavy atom. The van der Waals surface area contributed by atoms with Crippen LogP contribution in [0.2, 0.25) is 0 Å². The van der Waals surface area contributed by atoms with Crippen LogP contribution in [-0.4, -0.2) is 49.6 Å². The van der Waals surface area contributed by atoms with Gasteiger partial charge in [0.1, 0.15) is 0 Å². The Morgan fingerprint density at radius 2 is 1.83 bits per heavy atom. The van der Waals surface area contributed by atoms with Crippen LogP contribution in [0.5, 0.6) is 0 Å². The highest BCUT2D eigenvalue weighted by Gasteiger charge is 2.12. The smallest absolute Gasteiger partial charge is 0.00730 e. The summed E-state index contributed by atoms with van der Waals surface area (Å²) < 4.78 is 0. The maximum absolute atomic E-state index is 2.58. The number of rotatable bonds is 4. The van der Waals surface area contributed by atoms with Gasteiger partial charge in [0.2, 0.25) is 0 Å². The van der Waals surface area contributed by atoms with Gasteiger partial charge in [-0.3, -0.25) is 0 Å². The summed E-state index contributed by atoms with van der Waals surface area (Å²) in [6, 6.07) is 0.727. The third-order valence-electron chi connectivity index (χ3n) is 2.94. The zero-order chi connectivity index (χ0) is 8.97. The SMILES string of the molecule is CC(CCN1CCCC1)N(C)C. The Labute approximate surface area is 76.5 Å². The second-order valence-corrected chi connectivity index (χ2v) is 4.15. The van der Waals surface area contributed by atoms with Crippen molar-refractivity contribution in [3.8, 4) is 0 Å². The van der Waals surface area contributed by atoms with Crippen LogP contribution < -0.4 is 0 Å². The molecule has 0 aromatic rings. The van der Waals surface area contributed by atoms with Gasteiger partial charge in [0.05, 0.1) is 0 Å². The molecule has 0 radical (unpaired) electrons. The first-order valence-corrected chi connectivity index (χ1v) is 5.09. The van der Waals surface area contributed by atoms with Crippen LogP contribution in [0, 0.1) is 0 Å². The van der Waals surface area contributed by atoms with Crippen LogP contribution >= 0.6 is 0 Å². The minimum atomic E-state index is 0.727. The highest BCUT2D eigenvalue weighted by molar-refractivity contribution is 4.69. The lowest BCUT2D eigenvalue weighted by atomic mass is 10.2. The van der Waals surface area contributed by atoms with E-state index < -0.39 is 0 Å². The summed E-state index contributed by atoms with van der Waals surface area (Å²) in [6.45, 7) is 6.26. The van der Waals surface area contributed by atoms with Crippen molar-refractivity contribution in [3.05, 3.63) is 0 Å². The molecule has 2 nitrogen and oxygen atoms in total. The highest BCUT2D eigenvalue weighted by Crippen LogP contribution is 2.09. The van der Waals surface area contributed by atoms with Crippen LogP contribution in [0.4, 0.5) is 0 Å². The normalized spacial score (nSPS) is 22.0. The molecule has 12 heavy (non-hydrogen) atoms. The van der Waals surface area contributed by atoms with Crippen LogP contribution in [0.15, 0.2) is 0 Å². The van der Waals surface area contributed by atoms with Crippen LogP contribution in [0.25, 0.3) is 0 Å². The van der Waals surface area contributed by atoms with Crippen molar-refractivity contribution in [2.75, 3.05) is 33.7 Å². The minimum Gasteiger partial charge on any atom is -0.307 e. The van der Waals surface area contributed by atoms with Gasteiger partial charge in [-0.25, -0.2) is 0 Å². The molecule has 2 heteroatoms. The highest BCUT2D eigenvalue weighted by atomic mass is 15.1. The van der Waals surface area contributed by atoms with Crippen molar-refractivity contribution in [1.82, 2.24) is 9.80 Å². The van der Waals surface area contributed by atoms with E-state index in [1.165, 1.54) is 38.9 Å². The molecule has 0 aromatic heterocycles. The molecule has 72 valence electrons. The first-order chi connectivity index (χ1) is 5.70. The Balaban J connectivity index is 2.07. The predicted molar refractivity (Wildman–Crippen MR) is 53.4 cm³/mol. The third-order valence-corrected chi connectivity index (χ3v) is 2.94. The standard InChI is InChI=1S/C10H22N2/c1-10(11(2)3)6-9-12-7-4-5-8-12/h10H,4-9H2,1-3H3. The lowest BCUT2D eigenvalue weighted by Crippen LogP contribution is -2.30. The molecule has 1 aliphatic heterocycles. The van der Waals surface area contributed by atoms with Crippen molar-refractivity contribution >= 4 is 0 Å². The average Bonchev–Trinajstić information content (AvgIpc) is 2.51. The van der Waals surface area contributed by atoms with Crippen molar-refractivity contribution in [3.63, 3.8) is 0 Å². The summed E-state index contributed by atoms with van der Waals surface area (Å²) in [5.74, 6) is 0. The summed E-state index contributed by atoms with van der Waals surface area (Å²) in [4.78, 5) is 4.88. The molecule has 1 atom stereocenters. The molecule has 1 unspecified atom stereocenters. The molecule has 0 spiro atoms. The van der Waals surface area contributed by atoms with E-state index in [0.717, 1.165) is 6.04 Å². The van der Waals surface area contributed by atoms with E-state index in [0.29, 0.717) is 0 Å². The summed E-state index contributed by atoms with van der Waals surface area (Å²) in [7, 11) is 4.32. The van der Waals surface area contributed by atoms with Gasteiger partial charge in [0.25, 0.3) is 0 Å². The lowest BCUT2D eigenvalue weighted by Gasteiger charge is -2.22. The van der Waals surface area contributed by atoms with Crippen molar-refractivity contribution < 1.29 is 0 Å². The summed E-state index contributed by atoms with van der Waals surface area (Å²) in [5, 5.41) is 0. The van der Waals surface area contributed by atoms with E-state index >= 15 is 0 Å². The van der Waals surface area contributed by atoms with E-state index in [9.17, 15) is 0 Å². The molecule has 1 aliphatic rings. The fraction of sp³-hybridized carbons (Fsp3) is 1.00. The number of hydrogen-bond acceptors (Lipinski definition) is 2. The van der Waals surface area contributed by atoms with Gasteiger partial charge in [-0.15, -0.1) is 0 Å². The summed E-state index contributed by atoms with van der Waals surface area (Å²) >= 11 is 0. The lowest BCUT2D eigenvalue weighted by molar-refractivity contribution is 0.250. The Bertz CT molecular complexity index is 115. The fourth-order valence-electron chi connectivity index (χ4n) is 1.63. The second-order valence-electron chi connectivity index (χ2n) is 4.15. The number of likely N-dealkylation sites (tertiary alicyclic amines) is 1. The average molecular weight is 170 g/mol. The first-order valence-electron chi connectivity index (χ1n) is 5.09. The topological polar surface area (TPSA) is 6.48 Å². The molecule has 0 N–H and O–H groups in total. The van der Waals surface area contributed by atoms with E-state index in [1.807, 2.05) is 0 Å². The van der Waals surface area contributed by atoms with Gasteiger partial charge in [-0.1, -0.05) is 0 Å². The largest absolute Gasteiger partial charge is 0.307 e. The minimum absolute atomic E-state index is 0.727. The summed E-state index contributed by atoms with van der Waals surface area (Å²) in [6.07, 6.45) is 4.14. The van der Waals surface area contributed by atoms with Crippen LogP contribution in [0.1, 0.15) is 26.2 Å². The molecule has 0 bridgehead atoms. The Kier molecular flexibility index (Phi) is 4.02. The predicted octanol–water partition coefficient (Wildman–Crippen LogP) is 1.42. The van der Waals surface area contributed by atoms with Gasteiger partial charge in [-0.05, 0) is 59.9 Å². The zero-order valence-corrected chi connectivity index (χ0v) is 8.71. The van der Waals surface area contributed by atoms with Gasteiger partial charge in [0.15, 0.2) is 0 Å². The van der Waals surface area contributed by atoms with Crippen molar-refractivity contribution in [1.29, 1.82) is 0 Å². The zero-order valence-electron chi connectivity index (χ0n) is 8.71. The molecule has 0 saturated carbocycles. The van der Waals surface area contributed by atoms with Gasteiger partial charge >= 0.3 is 0 Å². The molecular weight excluding hydrogens is 148 g/mol. The molecule has 0 aliphatic carbocycles. The molecule has 1 heterocycles. The van der Waals surface area contributed by atoms with Gasteiger partial charge in [-0.2, -0.15) is 0 Å². The first kappa shape index (κ1) is 10.0.